The van der Waals surface area contributed by atoms with Crippen LogP contribution in [0.15, 0.2) is 0 Å². The highest BCUT2D eigenvalue weighted by atomic mass is 35.5. The van der Waals surface area contributed by atoms with Gasteiger partial charge in [-0.3, -0.25) is 4.79 Å². The van der Waals surface area contributed by atoms with Crippen molar-refractivity contribution in [2.24, 2.45) is 11.7 Å². The van der Waals surface area contributed by atoms with Crippen LogP contribution in [-0.4, -0.2) is 25.0 Å². The topological polar surface area (TPSA) is 52.3 Å². The number of alkyl halides is 2. The molecule has 0 aromatic rings. The predicted molar refractivity (Wildman–Crippen MR) is 49.5 cm³/mol. The fourth-order valence-electron chi connectivity index (χ4n) is 1.71. The summed E-state index contributed by atoms with van der Waals surface area (Å²) in [7, 11) is 1.20. The average molecular weight is 230 g/mol. The van der Waals surface area contributed by atoms with Crippen molar-refractivity contribution in [1.82, 2.24) is 0 Å². The van der Waals surface area contributed by atoms with Crippen LogP contribution in [0.4, 0.5) is 8.78 Å². The summed E-state index contributed by atoms with van der Waals surface area (Å²) in [6, 6.07) is -0.604. The summed E-state index contributed by atoms with van der Waals surface area (Å²) in [5, 5.41) is 0. The molecule has 0 amide bonds. The Labute approximate surface area is 87.4 Å². The van der Waals surface area contributed by atoms with E-state index in [4.69, 9.17) is 5.73 Å². The van der Waals surface area contributed by atoms with Gasteiger partial charge in [0.25, 0.3) is 5.92 Å². The average Bonchev–Trinajstić information content (AvgIpc) is 1.99. The summed E-state index contributed by atoms with van der Waals surface area (Å²) in [4.78, 5) is 11.0. The minimum absolute atomic E-state index is 0. The predicted octanol–water partition coefficient (Wildman–Crippen LogP) is 1.34. The number of methoxy groups -OCH3 is 1. The van der Waals surface area contributed by atoms with Crippen LogP contribution < -0.4 is 5.73 Å². The molecule has 0 aliphatic heterocycles. The zero-order valence-corrected chi connectivity index (χ0v) is 8.65. The number of hydrogen-bond donors (Lipinski definition) is 1. The SMILES string of the molecule is COC(=O)[C@@H]1C[C@H](N)CC(F)(F)C1.Cl. The van der Waals surface area contributed by atoms with Crippen molar-refractivity contribution < 1.29 is 18.3 Å². The quantitative estimate of drug-likeness (QED) is 0.691. The summed E-state index contributed by atoms with van der Waals surface area (Å²) in [5.74, 6) is -4.16. The summed E-state index contributed by atoms with van der Waals surface area (Å²) >= 11 is 0. The van der Waals surface area contributed by atoms with Gasteiger partial charge in [0, 0.05) is 18.9 Å². The van der Waals surface area contributed by atoms with E-state index in [1.807, 2.05) is 0 Å². The summed E-state index contributed by atoms with van der Waals surface area (Å²) in [6.45, 7) is 0. The molecule has 1 saturated carbocycles. The number of carbonyl (C=O) groups excluding carboxylic acids is 1. The number of halogens is 3. The molecule has 6 heteroatoms. The molecule has 0 unspecified atom stereocenters. The second-order valence-electron chi connectivity index (χ2n) is 3.48. The van der Waals surface area contributed by atoms with E-state index in [9.17, 15) is 13.6 Å². The van der Waals surface area contributed by atoms with Crippen LogP contribution >= 0.6 is 12.4 Å². The Hall–Kier alpha value is -0.420. The lowest BCUT2D eigenvalue weighted by molar-refractivity contribution is -0.153. The van der Waals surface area contributed by atoms with Crippen molar-refractivity contribution in [3.8, 4) is 0 Å². The molecule has 0 spiro atoms. The van der Waals surface area contributed by atoms with Crippen LogP contribution in [-0.2, 0) is 9.53 Å². The number of rotatable bonds is 1. The van der Waals surface area contributed by atoms with E-state index in [0.717, 1.165) is 0 Å². The van der Waals surface area contributed by atoms with Gasteiger partial charge in [-0.25, -0.2) is 8.78 Å². The van der Waals surface area contributed by atoms with E-state index in [-0.39, 0.29) is 18.8 Å². The van der Waals surface area contributed by atoms with Gasteiger partial charge in [0.2, 0.25) is 0 Å². The Kier molecular flexibility index (Phi) is 4.74. The van der Waals surface area contributed by atoms with E-state index < -0.39 is 30.3 Å². The van der Waals surface area contributed by atoms with Gasteiger partial charge in [-0.05, 0) is 6.42 Å². The van der Waals surface area contributed by atoms with E-state index in [2.05, 4.69) is 4.74 Å². The molecule has 3 nitrogen and oxygen atoms in total. The van der Waals surface area contributed by atoms with Crippen LogP contribution in [0.25, 0.3) is 0 Å². The number of carbonyl (C=O) groups is 1. The van der Waals surface area contributed by atoms with Gasteiger partial charge >= 0.3 is 5.97 Å². The van der Waals surface area contributed by atoms with Gasteiger partial charge in [0.05, 0.1) is 13.0 Å². The van der Waals surface area contributed by atoms with Gasteiger partial charge in [0.1, 0.15) is 0 Å². The molecule has 0 bridgehead atoms. The van der Waals surface area contributed by atoms with Crippen molar-refractivity contribution in [2.75, 3.05) is 7.11 Å². The smallest absolute Gasteiger partial charge is 0.308 e. The molecule has 1 rings (SSSR count). The van der Waals surface area contributed by atoms with Crippen molar-refractivity contribution in [3.05, 3.63) is 0 Å². The van der Waals surface area contributed by atoms with Crippen molar-refractivity contribution >= 4 is 18.4 Å². The highest BCUT2D eigenvalue weighted by molar-refractivity contribution is 5.85. The minimum Gasteiger partial charge on any atom is -0.469 e. The molecule has 84 valence electrons. The Morgan fingerprint density at radius 3 is 2.50 bits per heavy atom. The molecule has 0 saturated heterocycles. The first-order valence-corrected chi connectivity index (χ1v) is 4.16. The Morgan fingerprint density at radius 1 is 1.50 bits per heavy atom. The highest BCUT2D eigenvalue weighted by Crippen LogP contribution is 2.36. The van der Waals surface area contributed by atoms with Crippen LogP contribution in [0.3, 0.4) is 0 Å². The maximum atomic E-state index is 12.9. The third-order valence-electron chi connectivity index (χ3n) is 2.23. The normalized spacial score (nSPS) is 30.3. The zero-order chi connectivity index (χ0) is 10.1. The van der Waals surface area contributed by atoms with Gasteiger partial charge in [-0.2, -0.15) is 0 Å². The Morgan fingerprint density at radius 2 is 2.07 bits per heavy atom. The van der Waals surface area contributed by atoms with Gasteiger partial charge in [-0.1, -0.05) is 0 Å². The molecule has 0 radical (unpaired) electrons. The second-order valence-corrected chi connectivity index (χ2v) is 3.48. The Bertz CT molecular complexity index is 214. The number of ether oxygens (including phenoxy) is 1. The first-order valence-electron chi connectivity index (χ1n) is 4.16. The molecular weight excluding hydrogens is 216 g/mol. The fourth-order valence-corrected chi connectivity index (χ4v) is 1.71. The second kappa shape index (κ2) is 4.89. The number of hydrogen-bond acceptors (Lipinski definition) is 3. The molecule has 2 N–H and O–H groups in total. The van der Waals surface area contributed by atoms with Gasteiger partial charge < -0.3 is 10.5 Å². The van der Waals surface area contributed by atoms with Crippen LogP contribution in [0.1, 0.15) is 19.3 Å². The van der Waals surface area contributed by atoms with Crippen molar-refractivity contribution in [2.45, 2.75) is 31.2 Å². The molecule has 14 heavy (non-hydrogen) atoms. The zero-order valence-electron chi connectivity index (χ0n) is 7.83. The van der Waals surface area contributed by atoms with Gasteiger partial charge in [0.15, 0.2) is 0 Å². The fraction of sp³-hybridized carbons (Fsp3) is 0.875. The molecule has 0 heterocycles. The lowest BCUT2D eigenvalue weighted by Crippen LogP contribution is -2.42. The molecule has 1 aliphatic rings. The highest BCUT2D eigenvalue weighted by Gasteiger charge is 2.43. The third-order valence-corrected chi connectivity index (χ3v) is 2.23. The maximum absolute atomic E-state index is 12.9. The molecule has 0 aromatic heterocycles. The largest absolute Gasteiger partial charge is 0.469 e. The van der Waals surface area contributed by atoms with E-state index in [1.165, 1.54) is 7.11 Å². The lowest BCUT2D eigenvalue weighted by atomic mass is 9.83. The standard InChI is InChI=1S/C8H13F2NO2.ClH/c1-13-7(12)5-2-6(11)4-8(9,10)3-5;/h5-6H,2-4,11H2,1H3;1H/t5-,6+;/m1./s1. The van der Waals surface area contributed by atoms with Crippen LogP contribution in [0.2, 0.25) is 0 Å². The van der Waals surface area contributed by atoms with Crippen LogP contribution in [0, 0.1) is 5.92 Å². The van der Waals surface area contributed by atoms with Crippen LogP contribution in [0.5, 0.6) is 0 Å². The molecule has 2 atom stereocenters. The lowest BCUT2D eigenvalue weighted by Gasteiger charge is -2.31. The molecule has 1 aliphatic carbocycles. The number of esters is 1. The first kappa shape index (κ1) is 13.6. The summed E-state index contributed by atoms with van der Waals surface area (Å²) in [6.07, 6.45) is -0.476. The van der Waals surface area contributed by atoms with E-state index in [1.54, 1.807) is 0 Å². The minimum atomic E-state index is -2.82. The number of nitrogens with two attached hydrogens (primary N) is 1. The van der Waals surface area contributed by atoms with E-state index >= 15 is 0 Å². The maximum Gasteiger partial charge on any atom is 0.308 e. The molecular formula is C8H14ClF2NO2. The van der Waals surface area contributed by atoms with Crippen molar-refractivity contribution in [3.63, 3.8) is 0 Å². The van der Waals surface area contributed by atoms with Crippen molar-refractivity contribution in [1.29, 1.82) is 0 Å². The Balaban J connectivity index is 0.00000169. The molecule has 0 aromatic carbocycles. The van der Waals surface area contributed by atoms with Gasteiger partial charge in [-0.15, -0.1) is 12.4 Å². The third kappa shape index (κ3) is 3.38. The summed E-state index contributed by atoms with van der Waals surface area (Å²) < 4.78 is 30.2. The van der Waals surface area contributed by atoms with E-state index in [0.29, 0.717) is 6.42 Å². The molecule has 1 fully saturated rings. The monoisotopic (exact) mass is 229 g/mol. The summed E-state index contributed by atoms with van der Waals surface area (Å²) in [5.41, 5.74) is 5.41. The first-order chi connectivity index (χ1) is 5.94.